The first-order chi connectivity index (χ1) is 11.3. The van der Waals surface area contributed by atoms with Gasteiger partial charge >= 0.3 is 4.87 Å². The number of hydrogen-bond acceptors (Lipinski definition) is 5. The summed E-state index contributed by atoms with van der Waals surface area (Å²) in [5.41, 5.74) is 2.36. The summed E-state index contributed by atoms with van der Waals surface area (Å²) >= 11 is 0.981. The summed E-state index contributed by atoms with van der Waals surface area (Å²) in [6, 6.07) is 5.62. The molecule has 1 aromatic carbocycles. The molecule has 124 valence electrons. The highest BCUT2D eigenvalue weighted by Gasteiger charge is 2.17. The second-order valence-electron chi connectivity index (χ2n) is 5.36. The molecule has 0 atom stereocenters. The molecule has 2 heterocycles. The molecule has 0 aliphatic rings. The van der Waals surface area contributed by atoms with E-state index in [1.807, 2.05) is 6.92 Å². The molecule has 3 aromatic rings. The fourth-order valence-electron chi connectivity index (χ4n) is 2.37. The van der Waals surface area contributed by atoms with Crippen LogP contribution >= 0.6 is 11.3 Å². The number of benzene rings is 1. The van der Waals surface area contributed by atoms with Gasteiger partial charge in [-0.2, -0.15) is 0 Å². The Bertz CT molecular complexity index is 1080. The lowest BCUT2D eigenvalue weighted by atomic mass is 10.1. The molecule has 0 radical (unpaired) electrons. The molecule has 3 rings (SSSR count). The number of hydrogen-bond donors (Lipinski definition) is 0. The minimum Gasteiger partial charge on any atom is -0.266 e. The van der Waals surface area contributed by atoms with E-state index in [4.69, 9.17) is 0 Å². The second kappa shape index (κ2) is 5.95. The number of pyridine rings is 1. The van der Waals surface area contributed by atoms with E-state index in [0.29, 0.717) is 16.9 Å². The summed E-state index contributed by atoms with van der Waals surface area (Å²) in [7, 11) is -3.65. The standard InChI is InChI=1S/C16H13FN2O3S2/c1-10-5-12(8-18-7-10)19-14(9-23-16(19)20)11-3-4-15(13(17)6-11)24(2,21)22/h3-9H,1-2H3. The van der Waals surface area contributed by atoms with Gasteiger partial charge in [-0.1, -0.05) is 17.4 Å². The van der Waals surface area contributed by atoms with Crippen molar-refractivity contribution < 1.29 is 12.8 Å². The van der Waals surface area contributed by atoms with Crippen molar-refractivity contribution in [2.24, 2.45) is 0 Å². The zero-order valence-corrected chi connectivity index (χ0v) is 14.5. The van der Waals surface area contributed by atoms with Crippen LogP contribution < -0.4 is 4.87 Å². The highest BCUT2D eigenvalue weighted by molar-refractivity contribution is 7.90. The predicted octanol–water partition coefficient (Wildman–Crippen LogP) is 2.81. The Hall–Kier alpha value is -2.32. The molecule has 5 nitrogen and oxygen atoms in total. The van der Waals surface area contributed by atoms with E-state index in [9.17, 15) is 17.6 Å². The first-order valence-electron chi connectivity index (χ1n) is 6.90. The zero-order valence-electron chi connectivity index (χ0n) is 12.9. The lowest BCUT2D eigenvalue weighted by molar-refractivity contribution is 0.571. The second-order valence-corrected chi connectivity index (χ2v) is 8.16. The van der Waals surface area contributed by atoms with Crippen LogP contribution in [0.1, 0.15) is 5.56 Å². The molecule has 0 aliphatic heterocycles. The van der Waals surface area contributed by atoms with Gasteiger partial charge in [0.2, 0.25) is 0 Å². The number of aromatic nitrogens is 2. The molecule has 0 N–H and O–H groups in total. The van der Waals surface area contributed by atoms with Gasteiger partial charge in [0, 0.05) is 23.4 Å². The van der Waals surface area contributed by atoms with Crippen molar-refractivity contribution in [1.29, 1.82) is 0 Å². The van der Waals surface area contributed by atoms with Crippen LogP contribution in [0.3, 0.4) is 0 Å². The Morgan fingerprint density at radius 2 is 1.96 bits per heavy atom. The van der Waals surface area contributed by atoms with Crippen molar-refractivity contribution >= 4 is 21.2 Å². The van der Waals surface area contributed by atoms with Crippen molar-refractivity contribution in [3.05, 3.63) is 63.1 Å². The summed E-state index contributed by atoms with van der Waals surface area (Å²) in [6.07, 6.45) is 4.16. The quantitative estimate of drug-likeness (QED) is 0.717. The Labute approximate surface area is 142 Å². The van der Waals surface area contributed by atoms with Crippen molar-refractivity contribution in [1.82, 2.24) is 9.55 Å². The van der Waals surface area contributed by atoms with E-state index in [1.54, 1.807) is 23.8 Å². The molecule has 0 amide bonds. The molecule has 0 fully saturated rings. The monoisotopic (exact) mass is 364 g/mol. The SMILES string of the molecule is Cc1cncc(-n2c(-c3ccc(S(C)(=O)=O)c(F)c3)csc2=O)c1. The Morgan fingerprint density at radius 1 is 1.21 bits per heavy atom. The maximum Gasteiger partial charge on any atom is 0.312 e. The van der Waals surface area contributed by atoms with Crippen LogP contribution in [0.5, 0.6) is 0 Å². The number of thiazole rings is 1. The topological polar surface area (TPSA) is 69.0 Å². The van der Waals surface area contributed by atoms with Crippen molar-refractivity contribution in [3.8, 4) is 16.9 Å². The normalized spacial score (nSPS) is 11.6. The third-order valence-electron chi connectivity index (χ3n) is 3.44. The van der Waals surface area contributed by atoms with Crippen LogP contribution in [-0.2, 0) is 9.84 Å². The fraction of sp³-hybridized carbons (Fsp3) is 0.125. The predicted molar refractivity (Wildman–Crippen MR) is 91.0 cm³/mol. The molecule has 0 spiro atoms. The smallest absolute Gasteiger partial charge is 0.266 e. The summed E-state index contributed by atoms with van der Waals surface area (Å²) in [5, 5.41) is 1.61. The minimum absolute atomic E-state index is 0.231. The van der Waals surface area contributed by atoms with Crippen LogP contribution in [0, 0.1) is 12.7 Å². The Kier molecular flexibility index (Phi) is 4.10. The van der Waals surface area contributed by atoms with Gasteiger partial charge in [-0.3, -0.25) is 14.3 Å². The van der Waals surface area contributed by atoms with E-state index in [2.05, 4.69) is 4.98 Å². The molecule has 2 aromatic heterocycles. The van der Waals surface area contributed by atoms with Gasteiger partial charge in [-0.05, 0) is 30.7 Å². The largest absolute Gasteiger partial charge is 0.312 e. The first kappa shape index (κ1) is 16.5. The van der Waals surface area contributed by atoms with Gasteiger partial charge in [-0.15, -0.1) is 0 Å². The zero-order chi connectivity index (χ0) is 17.5. The summed E-state index contributed by atoms with van der Waals surface area (Å²) in [5.74, 6) is -0.845. The molecule has 0 saturated heterocycles. The lowest BCUT2D eigenvalue weighted by Gasteiger charge is -2.09. The van der Waals surface area contributed by atoms with Crippen LogP contribution in [0.4, 0.5) is 4.39 Å². The number of sulfone groups is 1. The Morgan fingerprint density at radius 3 is 2.58 bits per heavy atom. The minimum atomic E-state index is -3.65. The number of halogens is 1. The lowest BCUT2D eigenvalue weighted by Crippen LogP contribution is -2.12. The average molecular weight is 364 g/mol. The first-order valence-corrected chi connectivity index (χ1v) is 9.67. The van der Waals surface area contributed by atoms with Crippen molar-refractivity contribution in [2.75, 3.05) is 6.26 Å². The van der Waals surface area contributed by atoms with Crippen LogP contribution in [0.2, 0.25) is 0 Å². The highest BCUT2D eigenvalue weighted by atomic mass is 32.2. The van der Waals surface area contributed by atoms with Crippen molar-refractivity contribution in [2.45, 2.75) is 11.8 Å². The average Bonchev–Trinajstić information content (AvgIpc) is 2.87. The number of aryl methyl sites for hydroxylation is 1. The molecular weight excluding hydrogens is 351 g/mol. The maximum absolute atomic E-state index is 14.2. The third-order valence-corrected chi connectivity index (χ3v) is 5.30. The van der Waals surface area contributed by atoms with E-state index >= 15 is 0 Å². The highest BCUT2D eigenvalue weighted by Crippen LogP contribution is 2.26. The summed E-state index contributed by atoms with van der Waals surface area (Å²) in [6.45, 7) is 1.86. The molecule has 0 bridgehead atoms. The van der Waals surface area contributed by atoms with Crippen LogP contribution in [0.25, 0.3) is 16.9 Å². The molecule has 0 aliphatic carbocycles. The van der Waals surface area contributed by atoms with Crippen LogP contribution in [-0.4, -0.2) is 24.2 Å². The molecular formula is C16H13FN2O3S2. The van der Waals surface area contributed by atoms with E-state index < -0.39 is 15.7 Å². The van der Waals surface area contributed by atoms with Gasteiger partial charge < -0.3 is 0 Å². The third kappa shape index (κ3) is 3.02. The van der Waals surface area contributed by atoms with E-state index in [-0.39, 0.29) is 9.77 Å². The molecule has 24 heavy (non-hydrogen) atoms. The van der Waals surface area contributed by atoms with Gasteiger partial charge in [0.25, 0.3) is 0 Å². The van der Waals surface area contributed by atoms with Gasteiger partial charge in [0.1, 0.15) is 10.7 Å². The van der Waals surface area contributed by atoms with Gasteiger partial charge in [-0.25, -0.2) is 12.8 Å². The maximum atomic E-state index is 14.2. The molecule has 0 saturated carbocycles. The van der Waals surface area contributed by atoms with Crippen LogP contribution in [0.15, 0.2) is 51.7 Å². The van der Waals surface area contributed by atoms with E-state index in [1.165, 1.54) is 16.7 Å². The number of nitrogens with zero attached hydrogens (tertiary/aromatic N) is 2. The van der Waals surface area contributed by atoms with Gasteiger partial charge in [0.05, 0.1) is 17.6 Å². The summed E-state index contributed by atoms with van der Waals surface area (Å²) < 4.78 is 38.7. The fourth-order valence-corrected chi connectivity index (χ4v) is 3.87. The van der Waals surface area contributed by atoms with Gasteiger partial charge in [0.15, 0.2) is 9.84 Å². The molecule has 0 unspecified atom stereocenters. The number of rotatable bonds is 3. The van der Waals surface area contributed by atoms with E-state index in [0.717, 1.165) is 29.2 Å². The summed E-state index contributed by atoms with van der Waals surface area (Å²) in [4.78, 5) is 15.7. The van der Waals surface area contributed by atoms with Crippen molar-refractivity contribution in [3.63, 3.8) is 0 Å². The molecule has 8 heteroatoms. The Balaban J connectivity index is 2.19.